The Morgan fingerprint density at radius 2 is 2.03 bits per heavy atom. The van der Waals surface area contributed by atoms with E-state index in [1.54, 1.807) is 11.0 Å². The van der Waals surface area contributed by atoms with Gasteiger partial charge in [-0.3, -0.25) is 14.1 Å². The van der Waals surface area contributed by atoms with Crippen LogP contribution in [0.1, 0.15) is 37.4 Å². The van der Waals surface area contributed by atoms with E-state index in [1.165, 1.54) is 0 Å². The zero-order valence-electron chi connectivity index (χ0n) is 17.5. The molecular weight excluding hydrogens is 394 g/mol. The van der Waals surface area contributed by atoms with Crippen LogP contribution in [0.15, 0.2) is 41.6 Å². The van der Waals surface area contributed by atoms with Crippen molar-refractivity contribution in [2.45, 2.75) is 44.4 Å². The summed E-state index contributed by atoms with van der Waals surface area (Å²) in [4.78, 5) is 20.5. The predicted octanol–water partition coefficient (Wildman–Crippen LogP) is 2.18. The summed E-state index contributed by atoms with van der Waals surface area (Å²) in [6, 6.07) is 8.19. The Morgan fingerprint density at radius 1 is 1.16 bits per heavy atom. The van der Waals surface area contributed by atoms with E-state index in [2.05, 4.69) is 27.2 Å². The van der Waals surface area contributed by atoms with Crippen molar-refractivity contribution in [3.8, 4) is 5.82 Å². The van der Waals surface area contributed by atoms with Crippen molar-refractivity contribution >= 4 is 16.6 Å². The number of nitrogens with zero attached hydrogens (tertiary/aromatic N) is 7. The van der Waals surface area contributed by atoms with Gasteiger partial charge < -0.3 is 9.30 Å². The molecule has 0 spiro atoms. The molecule has 6 rings (SSSR count). The third-order valence-electron chi connectivity index (χ3n) is 6.63. The molecule has 31 heavy (non-hydrogen) atoms. The van der Waals surface area contributed by atoms with E-state index in [9.17, 15) is 4.79 Å². The smallest absolute Gasteiger partial charge is 0.279 e. The second-order valence-electron chi connectivity index (χ2n) is 8.55. The second-order valence-corrected chi connectivity index (χ2v) is 8.55. The number of rotatable bonds is 4. The van der Waals surface area contributed by atoms with Gasteiger partial charge in [0.1, 0.15) is 12.0 Å². The third kappa shape index (κ3) is 2.99. The molecule has 3 aromatic heterocycles. The molecule has 1 aromatic carbocycles. The molecule has 0 aliphatic carbocycles. The van der Waals surface area contributed by atoms with Crippen molar-refractivity contribution in [1.82, 2.24) is 33.8 Å². The summed E-state index contributed by atoms with van der Waals surface area (Å²) in [6.07, 6.45) is 7.90. The molecule has 9 nitrogen and oxygen atoms in total. The zero-order chi connectivity index (χ0) is 20.9. The summed E-state index contributed by atoms with van der Waals surface area (Å²) in [5.41, 5.74) is 3.15. The number of fused-ring (bicyclic) bond motifs is 3. The summed E-state index contributed by atoms with van der Waals surface area (Å²) in [6.45, 7) is 2.36. The summed E-state index contributed by atoms with van der Waals surface area (Å²) < 4.78 is 11.2. The van der Waals surface area contributed by atoms with Gasteiger partial charge in [0.05, 0.1) is 35.9 Å². The Hall–Kier alpha value is -3.04. The molecule has 160 valence electrons. The molecule has 2 saturated heterocycles. The van der Waals surface area contributed by atoms with Crippen molar-refractivity contribution in [2.75, 3.05) is 20.2 Å². The van der Waals surface area contributed by atoms with E-state index in [1.807, 2.05) is 39.4 Å². The highest BCUT2D eigenvalue weighted by atomic mass is 16.5. The van der Waals surface area contributed by atoms with E-state index in [-0.39, 0.29) is 17.7 Å². The molecule has 4 aromatic rings. The summed E-state index contributed by atoms with van der Waals surface area (Å²) in [5.74, 6) is 0.510. The summed E-state index contributed by atoms with van der Waals surface area (Å²) in [7, 11) is 2.11. The average Bonchev–Trinajstić information content (AvgIpc) is 3.57. The lowest BCUT2D eigenvalue weighted by Crippen LogP contribution is -2.28. The molecule has 0 N–H and O–H groups in total. The standard InChI is InChI=1S/C22H25N7O2/c1-26-10-4-9-17(26)16-13-29(25-24-16)21-20-22(30)27(12-15-6-5-11-31-15)18-7-2-3-8-19(18)28(20)14-23-21/h2-3,7-8,13-15,17H,4-6,9-12H2,1H3. The van der Waals surface area contributed by atoms with Gasteiger partial charge in [0.2, 0.25) is 0 Å². The van der Waals surface area contributed by atoms with Gasteiger partial charge in [0.25, 0.3) is 5.56 Å². The molecule has 0 radical (unpaired) electrons. The first-order chi connectivity index (χ1) is 15.2. The van der Waals surface area contributed by atoms with E-state index < -0.39 is 0 Å². The topological polar surface area (TPSA) is 82.5 Å². The molecule has 2 atom stereocenters. The molecule has 2 aliphatic heterocycles. The number of hydrogen-bond donors (Lipinski definition) is 0. The lowest BCUT2D eigenvalue weighted by Gasteiger charge is -2.16. The van der Waals surface area contributed by atoms with E-state index in [0.29, 0.717) is 17.9 Å². The number of para-hydroxylation sites is 2. The van der Waals surface area contributed by atoms with Crippen molar-refractivity contribution in [3.05, 3.63) is 52.8 Å². The van der Waals surface area contributed by atoms with Gasteiger partial charge in [-0.1, -0.05) is 17.3 Å². The van der Waals surface area contributed by atoms with Crippen LogP contribution in [-0.4, -0.2) is 60.1 Å². The molecule has 0 bridgehead atoms. The van der Waals surface area contributed by atoms with Gasteiger partial charge in [0, 0.05) is 6.61 Å². The third-order valence-corrected chi connectivity index (χ3v) is 6.63. The quantitative estimate of drug-likeness (QED) is 0.504. The van der Waals surface area contributed by atoms with Crippen LogP contribution in [0.4, 0.5) is 0 Å². The minimum absolute atomic E-state index is 0.0609. The van der Waals surface area contributed by atoms with Crippen molar-refractivity contribution in [1.29, 1.82) is 0 Å². The minimum atomic E-state index is -0.0864. The average molecular weight is 419 g/mol. The highest BCUT2D eigenvalue weighted by Crippen LogP contribution is 2.29. The molecular formula is C22H25N7O2. The lowest BCUT2D eigenvalue weighted by molar-refractivity contribution is 0.0973. The normalized spacial score (nSPS) is 22.2. The molecule has 2 aliphatic rings. The van der Waals surface area contributed by atoms with Crippen LogP contribution in [0.2, 0.25) is 0 Å². The van der Waals surface area contributed by atoms with Gasteiger partial charge in [-0.25, -0.2) is 4.98 Å². The van der Waals surface area contributed by atoms with Gasteiger partial charge in [-0.15, -0.1) is 5.10 Å². The molecule has 0 amide bonds. The molecule has 2 unspecified atom stereocenters. The monoisotopic (exact) mass is 419 g/mol. The number of imidazole rings is 1. The SMILES string of the molecule is CN1CCCC1c1cn(-c2ncn3c2c(=O)n(CC2CCCO2)c2ccccc23)nn1. The van der Waals surface area contributed by atoms with Crippen LogP contribution >= 0.6 is 0 Å². The fraction of sp³-hybridized carbons (Fsp3) is 0.455. The fourth-order valence-corrected chi connectivity index (χ4v) is 5.01. The Kier molecular flexibility index (Phi) is 4.39. The maximum atomic E-state index is 13.7. The maximum absolute atomic E-state index is 13.7. The Bertz CT molecular complexity index is 1310. The second kappa shape index (κ2) is 7.28. The largest absolute Gasteiger partial charge is 0.376 e. The number of hydrogen-bond acceptors (Lipinski definition) is 6. The lowest BCUT2D eigenvalue weighted by atomic mass is 10.2. The van der Waals surface area contributed by atoms with Crippen LogP contribution in [0.3, 0.4) is 0 Å². The highest BCUT2D eigenvalue weighted by Gasteiger charge is 2.27. The first-order valence-corrected chi connectivity index (χ1v) is 10.9. The molecule has 9 heteroatoms. The number of benzene rings is 1. The molecule has 0 saturated carbocycles. The van der Waals surface area contributed by atoms with Crippen molar-refractivity contribution in [2.24, 2.45) is 0 Å². The van der Waals surface area contributed by atoms with Crippen LogP contribution in [0.25, 0.3) is 22.4 Å². The van der Waals surface area contributed by atoms with Gasteiger partial charge in [0.15, 0.2) is 11.3 Å². The molecule has 5 heterocycles. The first-order valence-electron chi connectivity index (χ1n) is 10.9. The van der Waals surface area contributed by atoms with Gasteiger partial charge in [-0.05, 0) is 51.4 Å². The number of aromatic nitrogens is 6. The van der Waals surface area contributed by atoms with Crippen LogP contribution in [0.5, 0.6) is 0 Å². The van der Waals surface area contributed by atoms with E-state index >= 15 is 0 Å². The van der Waals surface area contributed by atoms with Crippen molar-refractivity contribution in [3.63, 3.8) is 0 Å². The van der Waals surface area contributed by atoms with Crippen LogP contribution in [0, 0.1) is 0 Å². The summed E-state index contributed by atoms with van der Waals surface area (Å²) >= 11 is 0. The van der Waals surface area contributed by atoms with Gasteiger partial charge >= 0.3 is 0 Å². The summed E-state index contributed by atoms with van der Waals surface area (Å²) in [5, 5.41) is 8.74. The Labute approximate surface area is 178 Å². The number of ether oxygens (including phenoxy) is 1. The number of likely N-dealkylation sites (tertiary alicyclic amines) is 1. The highest BCUT2D eigenvalue weighted by molar-refractivity contribution is 5.80. The predicted molar refractivity (Wildman–Crippen MR) is 115 cm³/mol. The van der Waals surface area contributed by atoms with Crippen LogP contribution < -0.4 is 5.56 Å². The minimum Gasteiger partial charge on any atom is -0.376 e. The van der Waals surface area contributed by atoms with Crippen LogP contribution in [-0.2, 0) is 11.3 Å². The Balaban J connectivity index is 1.51. The van der Waals surface area contributed by atoms with E-state index in [0.717, 1.165) is 55.6 Å². The molecule has 2 fully saturated rings. The zero-order valence-corrected chi connectivity index (χ0v) is 17.5. The first kappa shape index (κ1) is 18.7. The van der Waals surface area contributed by atoms with Crippen molar-refractivity contribution < 1.29 is 4.74 Å². The van der Waals surface area contributed by atoms with E-state index in [4.69, 9.17) is 4.74 Å². The fourth-order valence-electron chi connectivity index (χ4n) is 5.01. The van der Waals surface area contributed by atoms with Gasteiger partial charge in [-0.2, -0.15) is 4.68 Å². The Morgan fingerprint density at radius 3 is 2.81 bits per heavy atom. The maximum Gasteiger partial charge on any atom is 0.279 e.